The molecule has 0 radical (unpaired) electrons. The van der Waals surface area contributed by atoms with Crippen molar-refractivity contribution in [3.63, 3.8) is 0 Å². The molecule has 0 saturated carbocycles. The predicted molar refractivity (Wildman–Crippen MR) is 99.2 cm³/mol. The van der Waals surface area contributed by atoms with Gasteiger partial charge in [-0.15, -0.1) is 0 Å². The number of imidazole rings is 1. The Labute approximate surface area is 150 Å². The van der Waals surface area contributed by atoms with Gasteiger partial charge in [0.15, 0.2) is 5.65 Å². The lowest BCUT2D eigenvalue weighted by Crippen LogP contribution is -2.17. The maximum absolute atomic E-state index is 12.8. The van der Waals surface area contributed by atoms with Crippen molar-refractivity contribution in [2.45, 2.75) is 13.8 Å². The monoisotopic (exact) mass is 432 g/mol. The zero-order valence-electron chi connectivity index (χ0n) is 13.0. The number of halogens is 1. The lowest BCUT2D eigenvalue weighted by molar-refractivity contribution is 0.102. The van der Waals surface area contributed by atoms with Gasteiger partial charge in [-0.25, -0.2) is 9.97 Å². The number of nitrogens with one attached hydrogen (secondary N) is 2. The molecule has 0 aliphatic heterocycles. The van der Waals surface area contributed by atoms with Crippen LogP contribution in [0.5, 0.6) is 0 Å². The summed E-state index contributed by atoms with van der Waals surface area (Å²) in [7, 11) is 0. The van der Waals surface area contributed by atoms with E-state index in [1.54, 1.807) is 12.5 Å². The van der Waals surface area contributed by atoms with Gasteiger partial charge in [-0.3, -0.25) is 14.3 Å². The van der Waals surface area contributed by atoms with E-state index >= 15 is 0 Å². The Morgan fingerprint density at radius 1 is 1.33 bits per heavy atom. The van der Waals surface area contributed by atoms with Gasteiger partial charge in [0.1, 0.15) is 10.0 Å². The molecule has 0 fully saturated rings. The lowest BCUT2D eigenvalue weighted by Gasteiger charge is -2.12. The summed E-state index contributed by atoms with van der Waals surface area (Å²) >= 11 is 2.16. The third-order valence-electron chi connectivity index (χ3n) is 3.99. The van der Waals surface area contributed by atoms with Crippen LogP contribution in [0.25, 0.3) is 16.6 Å². The van der Waals surface area contributed by atoms with Crippen molar-refractivity contribution in [1.29, 1.82) is 0 Å². The first-order valence-electron chi connectivity index (χ1n) is 7.29. The highest BCUT2D eigenvalue weighted by Gasteiger charge is 2.17. The van der Waals surface area contributed by atoms with Crippen LogP contribution < -0.4 is 5.32 Å². The quantitative estimate of drug-likeness (QED) is 0.477. The molecule has 4 aromatic rings. The number of carbonyl (C=O) groups excluding carboxylic acids is 1. The summed E-state index contributed by atoms with van der Waals surface area (Å²) in [6.45, 7) is 3.72. The third kappa shape index (κ3) is 2.33. The van der Waals surface area contributed by atoms with Gasteiger partial charge in [0, 0.05) is 16.8 Å². The summed E-state index contributed by atoms with van der Waals surface area (Å²) in [4.78, 5) is 21.3. The van der Waals surface area contributed by atoms with Crippen LogP contribution in [0.15, 0.2) is 30.7 Å². The van der Waals surface area contributed by atoms with Crippen LogP contribution in [0.2, 0.25) is 0 Å². The van der Waals surface area contributed by atoms with E-state index in [9.17, 15) is 4.79 Å². The van der Waals surface area contributed by atoms with Gasteiger partial charge >= 0.3 is 0 Å². The van der Waals surface area contributed by atoms with Gasteiger partial charge in [0.25, 0.3) is 5.91 Å². The zero-order chi connectivity index (χ0) is 16.8. The Morgan fingerprint density at radius 2 is 2.17 bits per heavy atom. The van der Waals surface area contributed by atoms with Crippen LogP contribution in [0.4, 0.5) is 5.69 Å². The third-order valence-corrected chi connectivity index (χ3v) is 4.81. The van der Waals surface area contributed by atoms with E-state index in [2.05, 4.69) is 48.1 Å². The Balaban J connectivity index is 1.74. The molecule has 0 bridgehead atoms. The lowest BCUT2D eigenvalue weighted by atomic mass is 10.1. The second-order valence-corrected chi connectivity index (χ2v) is 6.53. The van der Waals surface area contributed by atoms with E-state index in [0.717, 1.165) is 31.6 Å². The number of aromatic nitrogens is 5. The van der Waals surface area contributed by atoms with Gasteiger partial charge < -0.3 is 5.32 Å². The summed E-state index contributed by atoms with van der Waals surface area (Å²) in [5.74, 6) is -0.189. The fourth-order valence-corrected chi connectivity index (χ4v) is 3.39. The SMILES string of the molecule is Cc1nc2cncn2c(C)c1C(=O)Nc1ccc2[nH]nc(I)c2c1. The number of hydrogen-bond donors (Lipinski definition) is 2. The molecular weight excluding hydrogens is 419 g/mol. The van der Waals surface area contributed by atoms with Gasteiger partial charge in [-0.1, -0.05) is 0 Å². The number of fused-ring (bicyclic) bond motifs is 2. The summed E-state index contributed by atoms with van der Waals surface area (Å²) < 4.78 is 2.68. The summed E-state index contributed by atoms with van der Waals surface area (Å²) in [5.41, 5.74) is 4.43. The first-order chi connectivity index (χ1) is 11.5. The minimum atomic E-state index is -0.189. The van der Waals surface area contributed by atoms with E-state index in [0.29, 0.717) is 11.3 Å². The largest absolute Gasteiger partial charge is 0.322 e. The fraction of sp³-hybridized carbons (Fsp3) is 0.125. The molecule has 7 nitrogen and oxygen atoms in total. The van der Waals surface area contributed by atoms with E-state index in [1.165, 1.54) is 0 Å². The number of amides is 1. The van der Waals surface area contributed by atoms with Crippen molar-refractivity contribution in [2.24, 2.45) is 0 Å². The molecule has 24 heavy (non-hydrogen) atoms. The fourth-order valence-electron chi connectivity index (χ4n) is 2.82. The number of hydrogen-bond acceptors (Lipinski definition) is 4. The van der Waals surface area contributed by atoms with Crippen molar-refractivity contribution in [3.05, 3.63) is 51.4 Å². The van der Waals surface area contributed by atoms with Gasteiger partial charge in [0.2, 0.25) is 0 Å². The van der Waals surface area contributed by atoms with Crippen LogP contribution in [0.1, 0.15) is 21.7 Å². The van der Waals surface area contributed by atoms with Crippen LogP contribution in [0, 0.1) is 17.5 Å². The van der Waals surface area contributed by atoms with Crippen LogP contribution in [-0.2, 0) is 0 Å². The topological polar surface area (TPSA) is 88.0 Å². The Kier molecular flexibility index (Phi) is 3.48. The van der Waals surface area contributed by atoms with Crippen LogP contribution >= 0.6 is 22.6 Å². The maximum Gasteiger partial charge on any atom is 0.259 e. The standard InChI is InChI=1S/C16H13IN6O/c1-8-14(9(2)23-7-18-6-13(23)19-8)16(24)20-10-3-4-12-11(5-10)15(17)22-21-12/h3-7H,1-2H3,(H,20,24)(H,21,22). The molecule has 0 atom stereocenters. The van der Waals surface area contributed by atoms with Crippen molar-refractivity contribution in [2.75, 3.05) is 5.32 Å². The number of nitrogens with zero attached hydrogens (tertiary/aromatic N) is 4. The average Bonchev–Trinajstić information content (AvgIpc) is 3.15. The molecule has 0 saturated heterocycles. The number of aryl methyl sites for hydroxylation is 2. The normalized spacial score (nSPS) is 11.3. The van der Waals surface area contributed by atoms with Crippen molar-refractivity contribution >= 4 is 50.7 Å². The van der Waals surface area contributed by atoms with Gasteiger partial charge in [-0.2, -0.15) is 5.10 Å². The molecule has 4 rings (SSSR count). The smallest absolute Gasteiger partial charge is 0.259 e. The molecular formula is C16H13IN6O. The van der Waals surface area contributed by atoms with E-state index in [1.807, 2.05) is 36.4 Å². The molecule has 0 aliphatic carbocycles. The highest BCUT2D eigenvalue weighted by atomic mass is 127. The molecule has 1 aromatic carbocycles. The number of rotatable bonds is 2. The number of anilines is 1. The Morgan fingerprint density at radius 3 is 3.00 bits per heavy atom. The molecule has 8 heteroatoms. The molecule has 0 unspecified atom stereocenters. The predicted octanol–water partition coefficient (Wildman–Crippen LogP) is 3.08. The van der Waals surface area contributed by atoms with Crippen molar-refractivity contribution in [1.82, 2.24) is 24.6 Å². The van der Waals surface area contributed by atoms with Gasteiger partial charge in [-0.05, 0) is 54.6 Å². The van der Waals surface area contributed by atoms with Crippen LogP contribution in [-0.4, -0.2) is 30.5 Å². The summed E-state index contributed by atoms with van der Waals surface area (Å²) in [5, 5.41) is 11.0. The van der Waals surface area contributed by atoms with Crippen molar-refractivity contribution in [3.8, 4) is 0 Å². The van der Waals surface area contributed by atoms with E-state index in [4.69, 9.17) is 0 Å². The maximum atomic E-state index is 12.8. The van der Waals surface area contributed by atoms with Gasteiger partial charge in [0.05, 0.1) is 23.0 Å². The zero-order valence-corrected chi connectivity index (χ0v) is 15.1. The second kappa shape index (κ2) is 5.55. The molecule has 1 amide bonds. The minimum Gasteiger partial charge on any atom is -0.322 e. The second-order valence-electron chi connectivity index (χ2n) is 5.51. The highest BCUT2D eigenvalue weighted by Crippen LogP contribution is 2.23. The van der Waals surface area contributed by atoms with Crippen LogP contribution in [0.3, 0.4) is 0 Å². The summed E-state index contributed by atoms with van der Waals surface area (Å²) in [6.07, 6.45) is 3.34. The molecule has 2 N–H and O–H groups in total. The molecule has 3 aromatic heterocycles. The number of benzene rings is 1. The van der Waals surface area contributed by atoms with Crippen molar-refractivity contribution < 1.29 is 4.79 Å². The van der Waals surface area contributed by atoms with E-state index in [-0.39, 0.29) is 5.91 Å². The Bertz CT molecular complexity index is 1100. The van der Waals surface area contributed by atoms with E-state index < -0.39 is 0 Å². The summed E-state index contributed by atoms with van der Waals surface area (Å²) in [6, 6.07) is 5.66. The first kappa shape index (κ1) is 15.1. The number of H-pyrrole nitrogens is 1. The minimum absolute atomic E-state index is 0.189. The number of carbonyl (C=O) groups is 1. The Hall–Kier alpha value is -2.49. The molecule has 120 valence electrons. The first-order valence-corrected chi connectivity index (χ1v) is 8.36. The molecule has 0 aliphatic rings. The number of aromatic amines is 1. The molecule has 0 spiro atoms. The highest BCUT2D eigenvalue weighted by molar-refractivity contribution is 14.1. The average molecular weight is 432 g/mol. The molecule has 3 heterocycles.